The standard InChI is InChI=1S/C19H21N3OS2/c1-13-5-3-6-15(9-13)10-16-11-21-19(25-16)22-18(23)12-20-14(2)17-7-4-8-24-17/h3-9,11,14,20H,10,12H2,1-2H3,(H,21,22,23). The number of aromatic nitrogens is 1. The van der Waals surface area contributed by atoms with Gasteiger partial charge in [0.1, 0.15) is 0 Å². The molecule has 0 aliphatic carbocycles. The fraction of sp³-hybridized carbons (Fsp3) is 0.263. The first-order valence-corrected chi connectivity index (χ1v) is 9.86. The van der Waals surface area contributed by atoms with Crippen LogP contribution in [0.3, 0.4) is 0 Å². The van der Waals surface area contributed by atoms with Crippen molar-refractivity contribution in [2.24, 2.45) is 0 Å². The molecule has 0 saturated heterocycles. The summed E-state index contributed by atoms with van der Waals surface area (Å²) in [5, 5.41) is 8.79. The van der Waals surface area contributed by atoms with Crippen LogP contribution in [-0.4, -0.2) is 17.4 Å². The molecule has 1 amide bonds. The minimum absolute atomic E-state index is 0.0696. The number of hydrogen-bond donors (Lipinski definition) is 2. The van der Waals surface area contributed by atoms with Gasteiger partial charge < -0.3 is 10.6 Å². The van der Waals surface area contributed by atoms with Crippen LogP contribution in [0.2, 0.25) is 0 Å². The summed E-state index contributed by atoms with van der Waals surface area (Å²) in [6, 6.07) is 12.7. The fourth-order valence-corrected chi connectivity index (χ4v) is 4.14. The van der Waals surface area contributed by atoms with E-state index in [0.29, 0.717) is 5.13 Å². The number of amides is 1. The van der Waals surface area contributed by atoms with Crippen molar-refractivity contribution in [3.8, 4) is 0 Å². The molecule has 4 nitrogen and oxygen atoms in total. The number of anilines is 1. The van der Waals surface area contributed by atoms with Gasteiger partial charge in [-0.05, 0) is 30.9 Å². The van der Waals surface area contributed by atoms with Gasteiger partial charge >= 0.3 is 0 Å². The molecule has 0 saturated carbocycles. The van der Waals surface area contributed by atoms with E-state index >= 15 is 0 Å². The normalized spacial score (nSPS) is 12.1. The van der Waals surface area contributed by atoms with E-state index in [4.69, 9.17) is 0 Å². The molecule has 6 heteroatoms. The molecule has 0 radical (unpaired) electrons. The Balaban J connectivity index is 1.50. The Hall–Kier alpha value is -2.02. The Morgan fingerprint density at radius 2 is 2.16 bits per heavy atom. The van der Waals surface area contributed by atoms with E-state index in [1.807, 2.05) is 17.6 Å². The maximum Gasteiger partial charge on any atom is 0.240 e. The molecule has 1 unspecified atom stereocenters. The lowest BCUT2D eigenvalue weighted by atomic mass is 10.1. The highest BCUT2D eigenvalue weighted by Crippen LogP contribution is 2.22. The van der Waals surface area contributed by atoms with Crippen molar-refractivity contribution in [3.63, 3.8) is 0 Å². The average molecular weight is 372 g/mol. The first-order valence-electron chi connectivity index (χ1n) is 8.17. The second-order valence-corrected chi connectivity index (χ2v) is 8.06. The smallest absolute Gasteiger partial charge is 0.240 e. The quantitative estimate of drug-likeness (QED) is 0.647. The van der Waals surface area contributed by atoms with Crippen LogP contribution < -0.4 is 10.6 Å². The SMILES string of the molecule is Cc1cccc(Cc2cnc(NC(=O)CNC(C)c3cccs3)s2)c1. The zero-order valence-corrected chi connectivity index (χ0v) is 15.9. The Morgan fingerprint density at radius 1 is 1.28 bits per heavy atom. The number of carbonyl (C=O) groups excluding carboxylic acids is 1. The summed E-state index contributed by atoms with van der Waals surface area (Å²) in [7, 11) is 0. The van der Waals surface area contributed by atoms with Crippen molar-refractivity contribution in [1.29, 1.82) is 0 Å². The molecule has 2 aromatic heterocycles. The number of nitrogens with zero attached hydrogens (tertiary/aromatic N) is 1. The molecule has 2 N–H and O–H groups in total. The molecule has 130 valence electrons. The van der Waals surface area contributed by atoms with E-state index in [0.717, 1.165) is 11.3 Å². The van der Waals surface area contributed by atoms with E-state index < -0.39 is 0 Å². The molecule has 25 heavy (non-hydrogen) atoms. The molecular formula is C19H21N3OS2. The first-order chi connectivity index (χ1) is 12.1. The Kier molecular flexibility index (Phi) is 5.96. The lowest BCUT2D eigenvalue weighted by Crippen LogP contribution is -2.29. The maximum atomic E-state index is 12.1. The Bertz CT molecular complexity index is 827. The molecule has 1 aromatic carbocycles. The molecule has 2 heterocycles. The zero-order valence-electron chi connectivity index (χ0n) is 14.3. The summed E-state index contributed by atoms with van der Waals surface area (Å²) in [4.78, 5) is 18.8. The van der Waals surface area contributed by atoms with Gasteiger partial charge in [0, 0.05) is 28.4 Å². The van der Waals surface area contributed by atoms with Crippen molar-refractivity contribution in [2.75, 3.05) is 11.9 Å². The van der Waals surface area contributed by atoms with Crippen molar-refractivity contribution < 1.29 is 4.79 Å². The van der Waals surface area contributed by atoms with Crippen LogP contribution in [0.5, 0.6) is 0 Å². The largest absolute Gasteiger partial charge is 0.301 e. The van der Waals surface area contributed by atoms with Crippen LogP contribution in [-0.2, 0) is 11.2 Å². The van der Waals surface area contributed by atoms with Crippen LogP contribution in [0.25, 0.3) is 0 Å². The van der Waals surface area contributed by atoms with Gasteiger partial charge in [-0.15, -0.1) is 22.7 Å². The Labute approximate surface area is 155 Å². The Morgan fingerprint density at radius 3 is 2.92 bits per heavy atom. The number of hydrogen-bond acceptors (Lipinski definition) is 5. The number of carbonyl (C=O) groups is 1. The lowest BCUT2D eigenvalue weighted by molar-refractivity contribution is -0.115. The van der Waals surface area contributed by atoms with E-state index in [-0.39, 0.29) is 18.5 Å². The predicted octanol–water partition coefficient (Wildman–Crippen LogP) is 4.39. The van der Waals surface area contributed by atoms with Gasteiger partial charge in [-0.1, -0.05) is 35.9 Å². The van der Waals surface area contributed by atoms with Crippen molar-refractivity contribution in [2.45, 2.75) is 26.3 Å². The predicted molar refractivity (Wildman–Crippen MR) is 105 cm³/mol. The maximum absolute atomic E-state index is 12.1. The summed E-state index contributed by atoms with van der Waals surface area (Å²) in [5.41, 5.74) is 2.51. The summed E-state index contributed by atoms with van der Waals surface area (Å²) in [6.45, 7) is 4.42. The van der Waals surface area contributed by atoms with E-state index in [2.05, 4.69) is 59.8 Å². The van der Waals surface area contributed by atoms with Crippen LogP contribution in [0.1, 0.15) is 33.8 Å². The molecule has 0 aliphatic rings. The van der Waals surface area contributed by atoms with Gasteiger partial charge in [0.15, 0.2) is 5.13 Å². The molecule has 0 bridgehead atoms. The van der Waals surface area contributed by atoms with E-state index in [1.165, 1.54) is 27.3 Å². The molecule has 0 aliphatic heterocycles. The highest BCUT2D eigenvalue weighted by Gasteiger charge is 2.10. The number of thiophene rings is 1. The second kappa shape index (κ2) is 8.38. The summed E-state index contributed by atoms with van der Waals surface area (Å²) >= 11 is 3.21. The average Bonchev–Trinajstić information content (AvgIpc) is 3.25. The topological polar surface area (TPSA) is 54.0 Å². The minimum atomic E-state index is -0.0696. The highest BCUT2D eigenvalue weighted by atomic mass is 32.1. The van der Waals surface area contributed by atoms with Crippen molar-refractivity contribution >= 4 is 33.7 Å². The van der Waals surface area contributed by atoms with E-state index in [9.17, 15) is 4.79 Å². The molecule has 0 fully saturated rings. The van der Waals surface area contributed by atoms with Crippen LogP contribution >= 0.6 is 22.7 Å². The van der Waals surface area contributed by atoms with Gasteiger partial charge in [0.25, 0.3) is 0 Å². The van der Waals surface area contributed by atoms with Crippen molar-refractivity contribution in [1.82, 2.24) is 10.3 Å². The number of rotatable bonds is 7. The molecule has 3 rings (SSSR count). The first kappa shape index (κ1) is 17.8. The number of aryl methyl sites for hydroxylation is 1. The van der Waals surface area contributed by atoms with Crippen LogP contribution in [0.4, 0.5) is 5.13 Å². The van der Waals surface area contributed by atoms with Gasteiger partial charge in [0.05, 0.1) is 6.54 Å². The monoisotopic (exact) mass is 371 g/mol. The van der Waals surface area contributed by atoms with E-state index in [1.54, 1.807) is 11.3 Å². The lowest BCUT2D eigenvalue weighted by Gasteiger charge is -2.11. The number of nitrogens with one attached hydrogen (secondary N) is 2. The van der Waals surface area contributed by atoms with Crippen LogP contribution in [0, 0.1) is 6.92 Å². The summed E-state index contributed by atoms with van der Waals surface area (Å²) in [6.07, 6.45) is 2.67. The minimum Gasteiger partial charge on any atom is -0.301 e. The summed E-state index contributed by atoms with van der Waals surface area (Å²) < 4.78 is 0. The molecular weight excluding hydrogens is 350 g/mol. The van der Waals surface area contributed by atoms with Crippen LogP contribution in [0.15, 0.2) is 48.0 Å². The zero-order chi connectivity index (χ0) is 17.6. The third kappa shape index (κ3) is 5.22. The number of benzene rings is 1. The third-order valence-electron chi connectivity index (χ3n) is 3.80. The van der Waals surface area contributed by atoms with Crippen molar-refractivity contribution in [3.05, 3.63) is 68.9 Å². The number of thiazole rings is 1. The second-order valence-electron chi connectivity index (χ2n) is 5.96. The highest BCUT2D eigenvalue weighted by molar-refractivity contribution is 7.15. The van der Waals surface area contributed by atoms with Gasteiger partial charge in [-0.25, -0.2) is 4.98 Å². The molecule has 3 aromatic rings. The molecule has 0 spiro atoms. The molecule has 1 atom stereocenters. The summed E-state index contributed by atoms with van der Waals surface area (Å²) in [5.74, 6) is -0.0696. The van der Waals surface area contributed by atoms with Gasteiger partial charge in [-0.2, -0.15) is 0 Å². The fourth-order valence-electron chi connectivity index (χ4n) is 2.52. The van der Waals surface area contributed by atoms with Gasteiger partial charge in [0.2, 0.25) is 5.91 Å². The van der Waals surface area contributed by atoms with Gasteiger partial charge in [-0.3, -0.25) is 4.79 Å². The third-order valence-corrected chi connectivity index (χ3v) is 5.77.